The Balaban J connectivity index is 1.61. The summed E-state index contributed by atoms with van der Waals surface area (Å²) in [5.74, 6) is 1.13. The van der Waals surface area contributed by atoms with Crippen LogP contribution in [0.4, 0.5) is 4.39 Å². The number of imidazole rings is 1. The molecule has 1 aliphatic carbocycles. The molecule has 1 fully saturated rings. The summed E-state index contributed by atoms with van der Waals surface area (Å²) in [6, 6.07) is 3.53. The molecule has 0 saturated heterocycles. The SMILES string of the molecule is C=C1CN=C(n2cnc(COC)c2)C=C2c3ccc(F)c(C4CC4)c3CCN12. The number of allylic oxidation sites excluding steroid dienone is 1. The van der Waals surface area contributed by atoms with Crippen LogP contribution in [0.15, 0.2) is 48.0 Å². The van der Waals surface area contributed by atoms with Crippen molar-refractivity contribution in [2.45, 2.75) is 31.8 Å². The fourth-order valence-corrected chi connectivity index (χ4v) is 4.23. The van der Waals surface area contributed by atoms with E-state index >= 15 is 0 Å². The molecule has 6 heteroatoms. The molecule has 0 bridgehead atoms. The maximum Gasteiger partial charge on any atom is 0.135 e. The smallest absolute Gasteiger partial charge is 0.135 e. The first-order chi connectivity index (χ1) is 13.7. The average Bonchev–Trinajstić information content (AvgIpc) is 3.45. The Kier molecular flexibility index (Phi) is 4.16. The number of ether oxygens (including phenoxy) is 1. The summed E-state index contributed by atoms with van der Waals surface area (Å²) in [6.45, 7) is 6.04. The van der Waals surface area contributed by atoms with Gasteiger partial charge in [-0.1, -0.05) is 6.58 Å². The Morgan fingerprint density at radius 2 is 2.18 bits per heavy atom. The van der Waals surface area contributed by atoms with Crippen molar-refractivity contribution < 1.29 is 9.13 Å². The maximum absolute atomic E-state index is 14.6. The summed E-state index contributed by atoms with van der Waals surface area (Å²) < 4.78 is 21.6. The third kappa shape index (κ3) is 2.88. The van der Waals surface area contributed by atoms with E-state index in [2.05, 4.69) is 22.5 Å². The number of aliphatic imine (C=N–C) groups is 1. The van der Waals surface area contributed by atoms with Crippen LogP contribution in [0.25, 0.3) is 5.70 Å². The molecule has 1 aromatic carbocycles. The summed E-state index contributed by atoms with van der Waals surface area (Å²) >= 11 is 0. The van der Waals surface area contributed by atoms with Crippen LogP contribution < -0.4 is 0 Å². The number of benzene rings is 1. The van der Waals surface area contributed by atoms with Gasteiger partial charge in [0.25, 0.3) is 0 Å². The highest BCUT2D eigenvalue weighted by Crippen LogP contribution is 2.46. The van der Waals surface area contributed by atoms with Gasteiger partial charge in [0.05, 0.1) is 24.5 Å². The van der Waals surface area contributed by atoms with Crippen LogP contribution in [0.5, 0.6) is 0 Å². The predicted molar refractivity (Wildman–Crippen MR) is 107 cm³/mol. The van der Waals surface area contributed by atoms with Gasteiger partial charge in [-0.05, 0) is 48.4 Å². The van der Waals surface area contributed by atoms with Crippen LogP contribution in [0.2, 0.25) is 0 Å². The molecule has 2 aliphatic heterocycles. The van der Waals surface area contributed by atoms with E-state index < -0.39 is 0 Å². The van der Waals surface area contributed by atoms with E-state index in [9.17, 15) is 4.39 Å². The van der Waals surface area contributed by atoms with Crippen LogP contribution in [0, 0.1) is 5.82 Å². The Morgan fingerprint density at radius 1 is 1.32 bits per heavy atom. The molecule has 3 aliphatic rings. The van der Waals surface area contributed by atoms with Crippen molar-refractivity contribution in [3.8, 4) is 0 Å². The lowest BCUT2D eigenvalue weighted by Gasteiger charge is -2.34. The molecule has 3 heterocycles. The van der Waals surface area contributed by atoms with E-state index in [0.717, 1.165) is 65.4 Å². The third-order valence-corrected chi connectivity index (χ3v) is 5.71. The molecule has 0 unspecified atom stereocenters. The first-order valence-electron chi connectivity index (χ1n) is 9.71. The topological polar surface area (TPSA) is 42.6 Å². The Morgan fingerprint density at radius 3 is 2.96 bits per heavy atom. The van der Waals surface area contributed by atoms with Crippen LogP contribution in [0.3, 0.4) is 0 Å². The zero-order chi connectivity index (χ0) is 19.3. The zero-order valence-corrected chi connectivity index (χ0v) is 16.0. The summed E-state index contributed by atoms with van der Waals surface area (Å²) in [4.78, 5) is 11.3. The second-order valence-corrected chi connectivity index (χ2v) is 7.64. The summed E-state index contributed by atoms with van der Waals surface area (Å²) in [5, 5.41) is 0. The molecule has 0 N–H and O–H groups in total. The molecule has 0 amide bonds. The third-order valence-electron chi connectivity index (χ3n) is 5.71. The fraction of sp³-hybridized carbons (Fsp3) is 0.364. The first-order valence-corrected chi connectivity index (χ1v) is 9.71. The van der Waals surface area contributed by atoms with Gasteiger partial charge in [-0.3, -0.25) is 9.56 Å². The molecular weight excluding hydrogens is 355 g/mol. The number of fused-ring (bicyclic) bond motifs is 3. The second kappa shape index (κ2) is 6.71. The number of methoxy groups -OCH3 is 1. The normalized spacial score (nSPS) is 18.9. The van der Waals surface area contributed by atoms with Crippen molar-refractivity contribution in [1.82, 2.24) is 14.5 Å². The predicted octanol–water partition coefficient (Wildman–Crippen LogP) is 3.72. The molecular formula is C22H23FN4O. The van der Waals surface area contributed by atoms with Gasteiger partial charge in [0.2, 0.25) is 0 Å². The standard InChI is InChI=1S/C22H23FN4O/c1-14-10-24-21(26-11-16(12-28-2)25-13-26)9-20-17-5-6-19(23)22(15-3-4-15)18(17)7-8-27(14)20/h5-6,9,11,13,15H,1,3-4,7-8,10,12H2,2H3. The zero-order valence-electron chi connectivity index (χ0n) is 16.0. The monoisotopic (exact) mass is 378 g/mol. The Labute approximate surface area is 163 Å². The summed E-state index contributed by atoms with van der Waals surface area (Å²) in [6.07, 6.45) is 8.78. The second-order valence-electron chi connectivity index (χ2n) is 7.64. The number of rotatable bonds is 3. The molecule has 5 rings (SSSR count). The van der Waals surface area contributed by atoms with Gasteiger partial charge in [-0.15, -0.1) is 0 Å². The minimum absolute atomic E-state index is 0.0598. The minimum atomic E-state index is -0.0598. The molecule has 0 atom stereocenters. The number of nitrogens with zero attached hydrogens (tertiary/aromatic N) is 4. The highest BCUT2D eigenvalue weighted by atomic mass is 19.1. The maximum atomic E-state index is 14.6. The van der Waals surface area contributed by atoms with Crippen LogP contribution in [0.1, 0.15) is 41.1 Å². The van der Waals surface area contributed by atoms with Crippen molar-refractivity contribution in [1.29, 1.82) is 0 Å². The lowest BCUT2D eigenvalue weighted by molar-refractivity contribution is 0.182. The van der Waals surface area contributed by atoms with E-state index in [1.807, 2.05) is 16.8 Å². The fourth-order valence-electron chi connectivity index (χ4n) is 4.23. The highest BCUT2D eigenvalue weighted by molar-refractivity contribution is 6.01. The Hall–Kier alpha value is -2.73. The number of hydrogen-bond acceptors (Lipinski definition) is 4. The van der Waals surface area contributed by atoms with Gasteiger partial charge in [-0.25, -0.2) is 9.37 Å². The molecule has 2 aromatic rings. The molecule has 0 radical (unpaired) electrons. The highest BCUT2D eigenvalue weighted by Gasteiger charge is 2.34. The largest absolute Gasteiger partial charge is 0.378 e. The van der Waals surface area contributed by atoms with E-state index in [-0.39, 0.29) is 5.82 Å². The van der Waals surface area contributed by atoms with E-state index in [0.29, 0.717) is 19.1 Å². The lowest BCUT2D eigenvalue weighted by Crippen LogP contribution is -2.30. The van der Waals surface area contributed by atoms with Gasteiger partial charge in [-0.2, -0.15) is 0 Å². The summed E-state index contributed by atoms with van der Waals surface area (Å²) in [5.41, 5.74) is 6.04. The van der Waals surface area contributed by atoms with Crippen LogP contribution in [-0.4, -0.2) is 40.5 Å². The molecule has 0 spiro atoms. The molecule has 1 saturated carbocycles. The molecule has 1 aromatic heterocycles. The van der Waals surface area contributed by atoms with Crippen molar-refractivity contribution >= 4 is 11.5 Å². The van der Waals surface area contributed by atoms with Crippen LogP contribution in [-0.2, 0) is 17.8 Å². The molecule has 5 nitrogen and oxygen atoms in total. The molecule has 144 valence electrons. The van der Waals surface area contributed by atoms with Crippen molar-refractivity contribution in [2.75, 3.05) is 20.2 Å². The van der Waals surface area contributed by atoms with Crippen LogP contribution >= 0.6 is 0 Å². The number of hydrogen-bond donors (Lipinski definition) is 0. The van der Waals surface area contributed by atoms with E-state index in [1.165, 1.54) is 0 Å². The first kappa shape index (κ1) is 17.4. The van der Waals surface area contributed by atoms with Gasteiger partial charge in [0.1, 0.15) is 18.0 Å². The van der Waals surface area contributed by atoms with Gasteiger partial charge < -0.3 is 9.64 Å². The van der Waals surface area contributed by atoms with Gasteiger partial charge >= 0.3 is 0 Å². The quantitative estimate of drug-likeness (QED) is 0.818. The number of aromatic nitrogens is 2. The van der Waals surface area contributed by atoms with Crippen molar-refractivity contribution in [3.05, 3.63) is 71.2 Å². The van der Waals surface area contributed by atoms with Crippen molar-refractivity contribution in [2.24, 2.45) is 4.99 Å². The van der Waals surface area contributed by atoms with E-state index in [4.69, 9.17) is 9.73 Å². The average molecular weight is 378 g/mol. The Bertz CT molecular complexity index is 1020. The lowest BCUT2D eigenvalue weighted by atomic mass is 9.89. The van der Waals surface area contributed by atoms with Gasteiger partial charge in [0, 0.05) is 37.2 Å². The van der Waals surface area contributed by atoms with E-state index in [1.54, 1.807) is 19.5 Å². The summed E-state index contributed by atoms with van der Waals surface area (Å²) in [7, 11) is 1.65. The number of halogens is 1. The molecule has 28 heavy (non-hydrogen) atoms. The van der Waals surface area contributed by atoms with Gasteiger partial charge in [0.15, 0.2) is 0 Å². The van der Waals surface area contributed by atoms with Crippen molar-refractivity contribution in [3.63, 3.8) is 0 Å². The minimum Gasteiger partial charge on any atom is -0.378 e.